The van der Waals surface area contributed by atoms with Crippen molar-refractivity contribution in [2.24, 2.45) is 0 Å². The third-order valence-electron chi connectivity index (χ3n) is 7.60. The van der Waals surface area contributed by atoms with Crippen LogP contribution in [-0.4, -0.2) is 57.9 Å². The molecule has 5 rings (SSSR count). The largest absolute Gasteiger partial charge is 0.370 e. The quantitative estimate of drug-likeness (QED) is 0.465. The summed E-state index contributed by atoms with van der Waals surface area (Å²) in [5.74, 6) is -1.15. The fourth-order valence-corrected chi connectivity index (χ4v) is 5.82. The first-order valence-corrected chi connectivity index (χ1v) is 13.1. The van der Waals surface area contributed by atoms with E-state index in [-0.39, 0.29) is 18.9 Å². The van der Waals surface area contributed by atoms with Crippen molar-refractivity contribution in [3.63, 3.8) is 0 Å². The molecule has 1 unspecified atom stereocenters. The summed E-state index contributed by atoms with van der Waals surface area (Å²) < 4.78 is 6.12. The standard InChI is InChI=1S/C30H33N5O4/c1-17-9-8-12-22-20(17)13-24(32-22)26(36)34-25(18(2)39-29(3,4)5)27(37)35-16-30(14-19(35)15-31)21-10-6-7-11-23(21)33-28(30)38/h6-13,18-19,25,32H,14,16H2,1-5H3,(H,33,38)(H,34,36)/t18?,19-,25-,30-/m0/s1. The molecule has 4 atom stereocenters. The van der Waals surface area contributed by atoms with Gasteiger partial charge in [-0.15, -0.1) is 0 Å². The molecular weight excluding hydrogens is 494 g/mol. The predicted octanol–water partition coefficient (Wildman–Crippen LogP) is 3.79. The van der Waals surface area contributed by atoms with Crippen LogP contribution in [0.5, 0.6) is 0 Å². The molecule has 3 amide bonds. The Bertz CT molecular complexity index is 1510. The number of hydrogen-bond acceptors (Lipinski definition) is 5. The maximum Gasteiger partial charge on any atom is 0.268 e. The lowest BCUT2D eigenvalue weighted by Gasteiger charge is -2.33. The lowest BCUT2D eigenvalue weighted by Crippen LogP contribution is -2.56. The average molecular weight is 528 g/mol. The molecule has 1 aromatic heterocycles. The van der Waals surface area contributed by atoms with Crippen molar-refractivity contribution in [3.8, 4) is 6.07 Å². The lowest BCUT2D eigenvalue weighted by atomic mass is 9.80. The number of fused-ring (bicyclic) bond motifs is 3. The average Bonchev–Trinajstić information content (AvgIpc) is 3.56. The van der Waals surface area contributed by atoms with Crippen LogP contribution in [0, 0.1) is 18.3 Å². The van der Waals surface area contributed by atoms with Crippen molar-refractivity contribution < 1.29 is 19.1 Å². The molecule has 0 saturated carbocycles. The number of aromatic nitrogens is 1. The summed E-state index contributed by atoms with van der Waals surface area (Å²) in [4.78, 5) is 45.3. The van der Waals surface area contributed by atoms with E-state index in [1.807, 2.05) is 70.2 Å². The number of likely N-dealkylation sites (tertiary alicyclic amines) is 1. The van der Waals surface area contributed by atoms with Crippen LogP contribution in [0.1, 0.15) is 55.7 Å². The van der Waals surface area contributed by atoms with E-state index in [1.165, 1.54) is 4.90 Å². The molecule has 2 aliphatic rings. The van der Waals surface area contributed by atoms with E-state index in [4.69, 9.17) is 4.74 Å². The highest BCUT2D eigenvalue weighted by Crippen LogP contribution is 2.46. The Morgan fingerprint density at radius 3 is 2.64 bits per heavy atom. The Kier molecular flexibility index (Phi) is 6.47. The van der Waals surface area contributed by atoms with Crippen LogP contribution in [-0.2, 0) is 19.7 Å². The minimum Gasteiger partial charge on any atom is -0.370 e. The Morgan fingerprint density at radius 1 is 1.21 bits per heavy atom. The van der Waals surface area contributed by atoms with Gasteiger partial charge >= 0.3 is 0 Å². The highest BCUT2D eigenvalue weighted by Gasteiger charge is 2.56. The smallest absolute Gasteiger partial charge is 0.268 e. The van der Waals surface area contributed by atoms with E-state index in [2.05, 4.69) is 21.7 Å². The Hall–Kier alpha value is -4.16. The number of rotatable bonds is 5. The number of hydrogen-bond donors (Lipinski definition) is 3. The van der Waals surface area contributed by atoms with Crippen molar-refractivity contribution >= 4 is 34.3 Å². The summed E-state index contributed by atoms with van der Waals surface area (Å²) in [7, 11) is 0. The molecule has 0 radical (unpaired) electrons. The Balaban J connectivity index is 1.47. The Morgan fingerprint density at radius 2 is 1.95 bits per heavy atom. The first-order chi connectivity index (χ1) is 18.4. The fraction of sp³-hybridized carbons (Fsp3) is 0.400. The van der Waals surface area contributed by atoms with Crippen molar-refractivity contribution in [3.05, 3.63) is 65.4 Å². The van der Waals surface area contributed by atoms with Crippen molar-refractivity contribution in [2.75, 3.05) is 11.9 Å². The number of benzene rings is 2. The number of H-pyrrole nitrogens is 1. The van der Waals surface area contributed by atoms with Gasteiger partial charge in [0.2, 0.25) is 11.8 Å². The summed E-state index contributed by atoms with van der Waals surface area (Å²) in [6.45, 7) is 9.34. The summed E-state index contributed by atoms with van der Waals surface area (Å²) in [5, 5.41) is 16.7. The number of nitriles is 1. The molecule has 39 heavy (non-hydrogen) atoms. The van der Waals surface area contributed by atoms with Crippen molar-refractivity contribution in [1.82, 2.24) is 15.2 Å². The van der Waals surface area contributed by atoms with Crippen LogP contribution < -0.4 is 10.6 Å². The van der Waals surface area contributed by atoms with Gasteiger partial charge < -0.3 is 25.3 Å². The van der Waals surface area contributed by atoms with Gasteiger partial charge in [-0.2, -0.15) is 5.26 Å². The van der Waals surface area contributed by atoms with Gasteiger partial charge in [0.15, 0.2) is 0 Å². The van der Waals surface area contributed by atoms with Gasteiger partial charge in [-0.25, -0.2) is 0 Å². The number of carbonyl (C=O) groups is 3. The van der Waals surface area contributed by atoms with Gasteiger partial charge in [0.1, 0.15) is 17.8 Å². The van der Waals surface area contributed by atoms with Gasteiger partial charge in [-0.1, -0.05) is 30.3 Å². The van der Waals surface area contributed by atoms with E-state index in [0.717, 1.165) is 22.0 Å². The van der Waals surface area contributed by atoms with Gasteiger partial charge in [0.25, 0.3) is 5.91 Å². The molecule has 1 spiro atoms. The summed E-state index contributed by atoms with van der Waals surface area (Å²) >= 11 is 0. The summed E-state index contributed by atoms with van der Waals surface area (Å²) in [6.07, 6.45) is -0.540. The van der Waals surface area contributed by atoms with Crippen molar-refractivity contribution in [1.29, 1.82) is 5.26 Å². The number of nitrogens with zero attached hydrogens (tertiary/aromatic N) is 2. The number of ether oxygens (including phenoxy) is 1. The van der Waals surface area contributed by atoms with Gasteiger partial charge in [-0.05, 0) is 63.9 Å². The molecule has 3 N–H and O–H groups in total. The van der Waals surface area contributed by atoms with Crippen LogP contribution in [0.2, 0.25) is 0 Å². The fourth-order valence-electron chi connectivity index (χ4n) is 5.82. The molecule has 1 saturated heterocycles. The van der Waals surface area contributed by atoms with E-state index in [9.17, 15) is 19.6 Å². The molecule has 0 bridgehead atoms. The van der Waals surface area contributed by atoms with Crippen LogP contribution in [0.3, 0.4) is 0 Å². The second-order valence-corrected chi connectivity index (χ2v) is 11.5. The first-order valence-electron chi connectivity index (χ1n) is 13.1. The minimum atomic E-state index is -1.09. The van der Waals surface area contributed by atoms with Gasteiger partial charge in [0.05, 0.1) is 23.2 Å². The zero-order valence-electron chi connectivity index (χ0n) is 22.8. The van der Waals surface area contributed by atoms with E-state index < -0.39 is 41.0 Å². The third-order valence-corrected chi connectivity index (χ3v) is 7.60. The number of aryl methyl sites for hydroxylation is 1. The molecule has 202 valence electrons. The molecule has 3 aromatic rings. The number of anilines is 1. The first kappa shape index (κ1) is 26.4. The van der Waals surface area contributed by atoms with Crippen LogP contribution >= 0.6 is 0 Å². The van der Waals surface area contributed by atoms with E-state index in [1.54, 1.807) is 13.0 Å². The maximum atomic E-state index is 14.1. The molecule has 9 heteroatoms. The second-order valence-electron chi connectivity index (χ2n) is 11.5. The zero-order valence-corrected chi connectivity index (χ0v) is 22.8. The minimum absolute atomic E-state index is 0.0348. The molecule has 9 nitrogen and oxygen atoms in total. The molecule has 1 fully saturated rings. The monoisotopic (exact) mass is 527 g/mol. The number of amides is 3. The molecule has 2 aromatic carbocycles. The van der Waals surface area contributed by atoms with Crippen LogP contribution in [0.15, 0.2) is 48.5 Å². The predicted molar refractivity (Wildman–Crippen MR) is 147 cm³/mol. The Labute approximate surface area is 227 Å². The third kappa shape index (κ3) is 4.66. The molecule has 3 heterocycles. The number of para-hydroxylation sites is 1. The number of aromatic amines is 1. The highest BCUT2D eigenvalue weighted by molar-refractivity contribution is 6.07. The summed E-state index contributed by atoms with van der Waals surface area (Å²) in [6, 6.07) is 15.2. The SMILES string of the molecule is Cc1cccc2[nH]c(C(=O)N[C@H](C(=O)N3C[C@]4(C[C@H]3C#N)C(=O)Nc3ccccc34)C(C)OC(C)(C)C)cc12. The summed E-state index contributed by atoms with van der Waals surface area (Å²) in [5.41, 5.74) is 2.01. The number of nitrogens with one attached hydrogen (secondary N) is 3. The topological polar surface area (TPSA) is 127 Å². The van der Waals surface area contributed by atoms with Crippen molar-refractivity contribution in [2.45, 2.75) is 70.2 Å². The zero-order chi connectivity index (χ0) is 28.1. The molecule has 0 aliphatic carbocycles. The van der Waals surface area contributed by atoms with Crippen LogP contribution in [0.25, 0.3) is 10.9 Å². The van der Waals surface area contributed by atoms with Gasteiger partial charge in [-0.3, -0.25) is 14.4 Å². The van der Waals surface area contributed by atoms with E-state index in [0.29, 0.717) is 11.4 Å². The normalized spacial score (nSPS) is 21.9. The number of carbonyl (C=O) groups excluding carboxylic acids is 3. The highest BCUT2D eigenvalue weighted by atomic mass is 16.5. The van der Waals surface area contributed by atoms with Crippen LogP contribution in [0.4, 0.5) is 5.69 Å². The lowest BCUT2D eigenvalue weighted by molar-refractivity contribution is -0.141. The molecular formula is C30H33N5O4. The van der Waals surface area contributed by atoms with E-state index >= 15 is 0 Å². The molecule has 2 aliphatic heterocycles. The van der Waals surface area contributed by atoms with Gasteiger partial charge in [0, 0.05) is 29.6 Å². The second kappa shape index (κ2) is 9.54. The maximum absolute atomic E-state index is 14.1.